The molecular weight excluding hydrogens is 707 g/mol. The molecule has 0 aromatic carbocycles. The Kier molecular flexibility index (Phi) is 34.5. The first-order valence-corrected chi connectivity index (χ1v) is 22.5. The Morgan fingerprint density at radius 1 is 0.625 bits per heavy atom. The highest BCUT2D eigenvalue weighted by Gasteiger charge is 2.44. The zero-order chi connectivity index (χ0) is 40.9. The average Bonchev–Trinajstić information content (AvgIpc) is 3.20. The van der Waals surface area contributed by atoms with Gasteiger partial charge >= 0.3 is 0 Å². The Hall–Kier alpha value is -2.11. The normalized spacial score (nSPS) is 21.7. The minimum Gasteiger partial charge on any atom is -0.394 e. The maximum Gasteiger partial charge on any atom is 0.220 e. The Bertz CT molecular complexity index is 1060. The summed E-state index contributed by atoms with van der Waals surface area (Å²) >= 11 is 0. The third-order valence-corrected chi connectivity index (χ3v) is 10.4. The average molecular weight is 790 g/mol. The number of aliphatic hydroxyl groups excluding tert-OH is 5. The zero-order valence-electron chi connectivity index (χ0n) is 35.4. The number of hydrogen-bond donors (Lipinski definition) is 6. The van der Waals surface area contributed by atoms with Crippen LogP contribution in [0.5, 0.6) is 0 Å². The molecule has 0 aromatic heterocycles. The van der Waals surface area contributed by atoms with Gasteiger partial charge in [-0.15, -0.1) is 0 Å². The van der Waals surface area contributed by atoms with Gasteiger partial charge in [-0.05, 0) is 51.4 Å². The lowest BCUT2D eigenvalue weighted by Crippen LogP contribution is -2.60. The van der Waals surface area contributed by atoms with Gasteiger partial charge in [0.1, 0.15) is 24.4 Å². The minimum atomic E-state index is -1.56. The standard InChI is InChI=1S/C47H83NO8/c1-3-5-7-9-11-13-15-17-19-21-23-25-27-29-31-33-35-37-43(51)48-40(39-55-47-46(54)45(53)44(52)42(38-49)56-47)41(50)36-34-32-30-28-26-24-22-20-18-16-14-12-10-8-6-4-2/h5,7,11,13,17,19,23,25,29,31,40-42,44-47,49-50,52-54H,3-4,6,8-10,12,14-16,18,20-22,24,26-28,30,32-39H2,1-2H3,(H,48,51)/b7-5-,13-11-,19-17-,25-23-,31-29-. The smallest absolute Gasteiger partial charge is 0.220 e. The van der Waals surface area contributed by atoms with E-state index in [1.54, 1.807) is 0 Å². The van der Waals surface area contributed by atoms with Crippen molar-refractivity contribution >= 4 is 5.91 Å². The van der Waals surface area contributed by atoms with Crippen LogP contribution in [0.2, 0.25) is 0 Å². The van der Waals surface area contributed by atoms with Crippen LogP contribution in [0.1, 0.15) is 174 Å². The van der Waals surface area contributed by atoms with E-state index < -0.39 is 49.5 Å². The first kappa shape index (κ1) is 51.9. The second-order valence-corrected chi connectivity index (χ2v) is 15.5. The molecule has 1 fully saturated rings. The molecule has 1 aliphatic heterocycles. The molecule has 1 amide bonds. The van der Waals surface area contributed by atoms with Crippen LogP contribution in [0.25, 0.3) is 0 Å². The molecule has 0 aliphatic carbocycles. The predicted molar refractivity (Wildman–Crippen MR) is 230 cm³/mol. The van der Waals surface area contributed by atoms with Crippen LogP contribution in [0.15, 0.2) is 60.8 Å². The summed E-state index contributed by atoms with van der Waals surface area (Å²) in [5, 5.41) is 54.3. The fourth-order valence-corrected chi connectivity index (χ4v) is 6.78. The molecule has 1 aliphatic rings. The summed E-state index contributed by atoms with van der Waals surface area (Å²) in [5.74, 6) is -0.203. The van der Waals surface area contributed by atoms with Crippen LogP contribution >= 0.6 is 0 Å². The molecule has 7 unspecified atom stereocenters. The molecule has 324 valence electrons. The highest BCUT2D eigenvalue weighted by Crippen LogP contribution is 2.23. The number of hydrogen-bond acceptors (Lipinski definition) is 8. The summed E-state index contributed by atoms with van der Waals surface area (Å²) in [4.78, 5) is 12.9. The number of allylic oxidation sites excluding steroid dienone is 10. The van der Waals surface area contributed by atoms with Gasteiger partial charge < -0.3 is 40.3 Å². The molecule has 6 N–H and O–H groups in total. The Labute approximate surface area is 341 Å². The van der Waals surface area contributed by atoms with E-state index in [2.05, 4.69) is 79.9 Å². The Balaban J connectivity index is 2.40. The molecule has 9 heteroatoms. The molecule has 7 atom stereocenters. The summed E-state index contributed by atoms with van der Waals surface area (Å²) in [6.07, 6.45) is 40.8. The first-order valence-electron chi connectivity index (χ1n) is 22.5. The molecular formula is C47H83NO8. The number of carbonyl (C=O) groups is 1. The van der Waals surface area contributed by atoms with E-state index >= 15 is 0 Å². The molecule has 9 nitrogen and oxygen atoms in total. The number of carbonyl (C=O) groups excluding carboxylic acids is 1. The first-order chi connectivity index (χ1) is 27.3. The van der Waals surface area contributed by atoms with Gasteiger partial charge in [0.15, 0.2) is 6.29 Å². The lowest BCUT2D eigenvalue weighted by molar-refractivity contribution is -0.302. The van der Waals surface area contributed by atoms with Gasteiger partial charge in [-0.1, -0.05) is 177 Å². The number of nitrogens with one attached hydrogen (secondary N) is 1. The van der Waals surface area contributed by atoms with Crippen molar-refractivity contribution in [3.05, 3.63) is 60.8 Å². The molecule has 1 rings (SSSR count). The fourth-order valence-electron chi connectivity index (χ4n) is 6.78. The molecule has 1 heterocycles. The van der Waals surface area contributed by atoms with E-state index in [4.69, 9.17) is 9.47 Å². The highest BCUT2D eigenvalue weighted by molar-refractivity contribution is 5.76. The van der Waals surface area contributed by atoms with Crippen molar-refractivity contribution in [3.8, 4) is 0 Å². The third-order valence-electron chi connectivity index (χ3n) is 10.4. The lowest BCUT2D eigenvalue weighted by atomic mass is 9.99. The summed E-state index contributed by atoms with van der Waals surface area (Å²) in [6, 6.07) is -0.750. The zero-order valence-corrected chi connectivity index (χ0v) is 35.4. The number of amides is 1. The molecule has 0 spiro atoms. The summed E-state index contributed by atoms with van der Waals surface area (Å²) < 4.78 is 11.2. The fraction of sp³-hybridized carbons (Fsp3) is 0.766. The molecule has 0 bridgehead atoms. The van der Waals surface area contributed by atoms with E-state index in [9.17, 15) is 30.3 Å². The van der Waals surface area contributed by atoms with E-state index in [1.807, 2.05) is 0 Å². The van der Waals surface area contributed by atoms with Gasteiger partial charge in [-0.2, -0.15) is 0 Å². The van der Waals surface area contributed by atoms with Crippen molar-refractivity contribution in [2.75, 3.05) is 13.2 Å². The van der Waals surface area contributed by atoms with Gasteiger partial charge in [0.2, 0.25) is 5.91 Å². The Morgan fingerprint density at radius 2 is 1.09 bits per heavy atom. The van der Waals surface area contributed by atoms with Crippen LogP contribution in [-0.2, 0) is 14.3 Å². The van der Waals surface area contributed by atoms with Crippen molar-refractivity contribution < 1.29 is 39.8 Å². The van der Waals surface area contributed by atoms with Crippen molar-refractivity contribution in [2.24, 2.45) is 0 Å². The number of unbranched alkanes of at least 4 members (excludes halogenated alkanes) is 16. The summed E-state index contributed by atoms with van der Waals surface area (Å²) in [5.41, 5.74) is 0. The molecule has 56 heavy (non-hydrogen) atoms. The van der Waals surface area contributed by atoms with Crippen molar-refractivity contribution in [1.29, 1.82) is 0 Å². The van der Waals surface area contributed by atoms with Crippen LogP contribution in [0, 0.1) is 0 Å². The van der Waals surface area contributed by atoms with Gasteiger partial charge in [-0.25, -0.2) is 0 Å². The molecule has 0 saturated carbocycles. The van der Waals surface area contributed by atoms with Gasteiger partial charge in [-0.3, -0.25) is 4.79 Å². The second kappa shape index (κ2) is 37.2. The molecule has 0 radical (unpaired) electrons. The van der Waals surface area contributed by atoms with Gasteiger partial charge in [0.05, 0.1) is 25.4 Å². The SMILES string of the molecule is CC/C=C\C/C=C\C/C=C\C/C=C\C/C=C\CCCC(=O)NC(COC1OC(CO)C(O)C(O)C1O)C(O)CCCCCCCCCCCCCCCCCC. The van der Waals surface area contributed by atoms with E-state index in [1.165, 1.54) is 83.5 Å². The minimum absolute atomic E-state index is 0.163. The summed E-state index contributed by atoms with van der Waals surface area (Å²) in [7, 11) is 0. The maximum absolute atomic E-state index is 12.9. The van der Waals surface area contributed by atoms with E-state index in [0.29, 0.717) is 12.8 Å². The topological polar surface area (TPSA) is 149 Å². The van der Waals surface area contributed by atoms with Crippen molar-refractivity contribution in [1.82, 2.24) is 5.32 Å². The molecule has 1 saturated heterocycles. The predicted octanol–water partition coefficient (Wildman–Crippen LogP) is 9.22. The third kappa shape index (κ3) is 27.5. The van der Waals surface area contributed by atoms with Crippen LogP contribution < -0.4 is 5.32 Å². The van der Waals surface area contributed by atoms with Crippen LogP contribution in [-0.4, -0.2) is 87.5 Å². The highest BCUT2D eigenvalue weighted by atomic mass is 16.7. The largest absolute Gasteiger partial charge is 0.394 e. The van der Waals surface area contributed by atoms with Gasteiger partial charge in [0, 0.05) is 6.42 Å². The number of aliphatic hydroxyl groups is 5. The quantitative estimate of drug-likeness (QED) is 0.0272. The number of rotatable bonds is 36. The van der Waals surface area contributed by atoms with Crippen molar-refractivity contribution in [2.45, 2.75) is 217 Å². The summed E-state index contributed by atoms with van der Waals surface area (Å²) in [6.45, 7) is 3.67. The van der Waals surface area contributed by atoms with E-state index in [0.717, 1.165) is 57.8 Å². The Morgan fingerprint density at radius 3 is 1.57 bits per heavy atom. The second-order valence-electron chi connectivity index (χ2n) is 15.5. The van der Waals surface area contributed by atoms with E-state index in [-0.39, 0.29) is 18.9 Å². The van der Waals surface area contributed by atoms with Crippen molar-refractivity contribution in [3.63, 3.8) is 0 Å². The molecule has 0 aromatic rings. The van der Waals surface area contributed by atoms with Gasteiger partial charge in [0.25, 0.3) is 0 Å². The van der Waals surface area contributed by atoms with Crippen LogP contribution in [0.4, 0.5) is 0 Å². The number of ether oxygens (including phenoxy) is 2. The maximum atomic E-state index is 12.9. The lowest BCUT2D eigenvalue weighted by Gasteiger charge is -2.40. The van der Waals surface area contributed by atoms with Crippen LogP contribution in [0.3, 0.4) is 0 Å². The monoisotopic (exact) mass is 790 g/mol.